The highest BCUT2D eigenvalue weighted by atomic mass is 16.5. The Morgan fingerprint density at radius 3 is 2.63 bits per heavy atom. The maximum Gasteiger partial charge on any atom is 0.259 e. The largest absolute Gasteiger partial charge is 0.505 e. The first-order valence-corrected chi connectivity index (χ1v) is 11.7. The number of fused-ring (bicyclic) bond motifs is 1. The van der Waals surface area contributed by atoms with Crippen LogP contribution in [0.25, 0.3) is 16.6 Å². The Bertz CT molecular complexity index is 1690. The van der Waals surface area contributed by atoms with Crippen LogP contribution in [-0.2, 0) is 0 Å². The molecule has 38 heavy (non-hydrogen) atoms. The van der Waals surface area contributed by atoms with Crippen molar-refractivity contribution in [3.8, 4) is 23.4 Å². The number of aromatic nitrogens is 3. The van der Waals surface area contributed by atoms with E-state index in [2.05, 4.69) is 25.6 Å². The van der Waals surface area contributed by atoms with Crippen molar-refractivity contribution in [1.82, 2.24) is 14.8 Å². The van der Waals surface area contributed by atoms with E-state index >= 15 is 0 Å². The highest BCUT2D eigenvalue weighted by molar-refractivity contribution is 6.11. The molecule has 0 atom stereocenters. The molecule has 2 N–H and O–H groups in total. The van der Waals surface area contributed by atoms with Crippen molar-refractivity contribution in [3.63, 3.8) is 0 Å². The number of phenols is 1. The molecule has 2 heterocycles. The number of aromatic hydroxyl groups is 1. The van der Waals surface area contributed by atoms with E-state index in [4.69, 9.17) is 4.74 Å². The van der Waals surface area contributed by atoms with Gasteiger partial charge in [-0.3, -0.25) is 4.79 Å². The minimum absolute atomic E-state index is 0.0188. The van der Waals surface area contributed by atoms with Gasteiger partial charge >= 0.3 is 0 Å². The van der Waals surface area contributed by atoms with Crippen molar-refractivity contribution in [1.29, 1.82) is 5.26 Å². The summed E-state index contributed by atoms with van der Waals surface area (Å²) in [4.78, 5) is 17.4. The van der Waals surface area contributed by atoms with E-state index in [9.17, 15) is 15.2 Å². The van der Waals surface area contributed by atoms with Crippen LogP contribution in [-0.4, -0.2) is 32.4 Å². The molecule has 0 unspecified atom stereocenters. The number of hydrogen-bond acceptors (Lipinski definition) is 8. The van der Waals surface area contributed by atoms with E-state index in [0.29, 0.717) is 34.6 Å². The minimum Gasteiger partial charge on any atom is -0.505 e. The second kappa shape index (κ2) is 10.6. The monoisotopic (exact) mass is 503 g/mol. The molecule has 10 nitrogen and oxygen atoms in total. The van der Waals surface area contributed by atoms with Gasteiger partial charge in [-0.05, 0) is 54.8 Å². The molecular weight excluding hydrogens is 482 g/mol. The Hall–Kier alpha value is -5.56. The zero-order valence-electron chi connectivity index (χ0n) is 20.2. The second-order valence-electron chi connectivity index (χ2n) is 8.05. The number of azo groups is 1. The van der Waals surface area contributed by atoms with Gasteiger partial charge in [0.15, 0.2) is 17.4 Å². The van der Waals surface area contributed by atoms with Crippen LogP contribution in [0.5, 0.6) is 11.5 Å². The number of hydrogen-bond donors (Lipinski definition) is 2. The summed E-state index contributed by atoms with van der Waals surface area (Å²) >= 11 is 0. The molecule has 0 bridgehead atoms. The first-order valence-electron chi connectivity index (χ1n) is 11.7. The summed E-state index contributed by atoms with van der Waals surface area (Å²) in [6.07, 6.45) is 2.96. The lowest BCUT2D eigenvalue weighted by Crippen LogP contribution is -2.12. The van der Waals surface area contributed by atoms with E-state index in [0.717, 1.165) is 0 Å². The molecule has 0 aliphatic carbocycles. The summed E-state index contributed by atoms with van der Waals surface area (Å²) in [6, 6.07) is 23.0. The number of phenolic OH excluding ortho intramolecular Hbond substituents is 1. The first kappa shape index (κ1) is 24.1. The van der Waals surface area contributed by atoms with Gasteiger partial charge in [-0.25, -0.2) is 4.98 Å². The molecule has 186 valence electrons. The van der Waals surface area contributed by atoms with Gasteiger partial charge in [0.05, 0.1) is 18.4 Å². The SMILES string of the molecule is CCOc1ccc(NC(=O)c2cc3ccccc3c(N=Nc3c(C#N)cnn3-c3ccccn3)c2O)cc1. The van der Waals surface area contributed by atoms with Crippen LogP contribution in [0, 0.1) is 11.3 Å². The van der Waals surface area contributed by atoms with E-state index in [1.165, 1.54) is 10.9 Å². The van der Waals surface area contributed by atoms with Crippen LogP contribution < -0.4 is 10.1 Å². The molecular formula is C28H21N7O3. The third-order valence-corrected chi connectivity index (χ3v) is 5.64. The average molecular weight is 504 g/mol. The lowest BCUT2D eigenvalue weighted by atomic mass is 10.0. The zero-order valence-corrected chi connectivity index (χ0v) is 20.2. The van der Waals surface area contributed by atoms with Crippen LogP contribution >= 0.6 is 0 Å². The molecule has 0 saturated heterocycles. The smallest absolute Gasteiger partial charge is 0.259 e. The second-order valence-corrected chi connectivity index (χ2v) is 8.05. The number of nitriles is 1. The Balaban J connectivity index is 1.55. The Morgan fingerprint density at radius 2 is 1.89 bits per heavy atom. The number of carbonyl (C=O) groups is 1. The number of amides is 1. The average Bonchev–Trinajstić information content (AvgIpc) is 3.37. The van der Waals surface area contributed by atoms with Crippen molar-refractivity contribution >= 4 is 33.9 Å². The lowest BCUT2D eigenvalue weighted by molar-refractivity contribution is 0.102. The van der Waals surface area contributed by atoms with Gasteiger partial charge in [0, 0.05) is 17.3 Å². The number of anilines is 1. The fraction of sp³-hybridized carbons (Fsp3) is 0.0714. The number of rotatable bonds is 7. The third-order valence-electron chi connectivity index (χ3n) is 5.64. The lowest BCUT2D eigenvalue weighted by Gasteiger charge is -2.12. The number of nitrogens with one attached hydrogen (secondary N) is 1. The maximum atomic E-state index is 13.2. The van der Waals surface area contributed by atoms with E-state index in [1.54, 1.807) is 72.9 Å². The van der Waals surface area contributed by atoms with Gasteiger partial charge in [0.2, 0.25) is 0 Å². The predicted octanol–water partition coefficient (Wildman–Crippen LogP) is 6.06. The van der Waals surface area contributed by atoms with Crippen LogP contribution in [0.3, 0.4) is 0 Å². The molecule has 0 aliphatic heterocycles. The summed E-state index contributed by atoms with van der Waals surface area (Å²) in [5.74, 6) is 0.395. The first-order chi connectivity index (χ1) is 18.6. The molecule has 0 fully saturated rings. The van der Waals surface area contributed by atoms with Crippen molar-refractivity contribution in [2.45, 2.75) is 6.92 Å². The van der Waals surface area contributed by atoms with Crippen LogP contribution in [0.1, 0.15) is 22.8 Å². The Kier molecular flexibility index (Phi) is 6.73. The molecule has 5 rings (SSSR count). The Labute approximate surface area is 217 Å². The van der Waals surface area contributed by atoms with E-state index in [1.807, 2.05) is 19.1 Å². The molecule has 0 aliphatic rings. The molecule has 1 amide bonds. The van der Waals surface area contributed by atoms with Gasteiger partial charge < -0.3 is 15.2 Å². The Morgan fingerprint density at radius 1 is 1.11 bits per heavy atom. The molecule has 0 saturated carbocycles. The molecule has 10 heteroatoms. The summed E-state index contributed by atoms with van der Waals surface area (Å²) in [5.41, 5.74) is 0.808. The number of carbonyl (C=O) groups excluding carboxylic acids is 1. The molecule has 3 aromatic carbocycles. The highest BCUT2D eigenvalue weighted by Gasteiger charge is 2.20. The van der Waals surface area contributed by atoms with Gasteiger partial charge in [0.25, 0.3) is 5.91 Å². The summed E-state index contributed by atoms with van der Waals surface area (Å²) in [7, 11) is 0. The summed E-state index contributed by atoms with van der Waals surface area (Å²) < 4.78 is 6.82. The van der Waals surface area contributed by atoms with Crippen molar-refractivity contribution in [3.05, 3.63) is 96.3 Å². The fourth-order valence-electron chi connectivity index (χ4n) is 3.85. The van der Waals surface area contributed by atoms with Gasteiger partial charge in [-0.2, -0.15) is 15.0 Å². The van der Waals surface area contributed by atoms with E-state index < -0.39 is 5.91 Å². The van der Waals surface area contributed by atoms with Crippen molar-refractivity contribution < 1.29 is 14.6 Å². The number of pyridine rings is 1. The summed E-state index contributed by atoms with van der Waals surface area (Å²) in [5, 5.41) is 37.5. The normalized spacial score (nSPS) is 10.9. The third kappa shape index (κ3) is 4.76. The van der Waals surface area contributed by atoms with Crippen molar-refractivity contribution in [2.24, 2.45) is 10.2 Å². The molecule has 0 radical (unpaired) electrons. The zero-order chi connectivity index (χ0) is 26.5. The molecule has 2 aromatic heterocycles. The quantitative estimate of drug-likeness (QED) is 0.259. The summed E-state index contributed by atoms with van der Waals surface area (Å²) in [6.45, 7) is 2.42. The topological polar surface area (TPSA) is 138 Å². The van der Waals surface area contributed by atoms with Crippen LogP contribution in [0.2, 0.25) is 0 Å². The van der Waals surface area contributed by atoms with Gasteiger partial charge in [-0.1, -0.05) is 30.3 Å². The number of nitrogens with zero attached hydrogens (tertiary/aromatic N) is 6. The minimum atomic E-state index is -0.523. The van der Waals surface area contributed by atoms with Gasteiger partial charge in [-0.15, -0.1) is 10.2 Å². The van der Waals surface area contributed by atoms with Gasteiger partial charge in [0.1, 0.15) is 23.1 Å². The highest BCUT2D eigenvalue weighted by Crippen LogP contribution is 2.40. The maximum absolute atomic E-state index is 13.2. The van der Waals surface area contributed by atoms with Crippen LogP contribution in [0.4, 0.5) is 17.2 Å². The van der Waals surface area contributed by atoms with E-state index in [-0.39, 0.29) is 28.4 Å². The van der Waals surface area contributed by atoms with Crippen molar-refractivity contribution in [2.75, 3.05) is 11.9 Å². The number of benzene rings is 3. The fourth-order valence-corrected chi connectivity index (χ4v) is 3.85. The molecule has 0 spiro atoms. The molecule has 5 aromatic rings. The standard InChI is InChI=1S/C28H21N7O3/c1-2-38-21-12-10-20(11-13-21)32-28(37)23-15-18-7-3-4-8-22(18)25(26(23)36)33-34-27-19(16-29)17-31-35(27)24-9-5-6-14-30-24/h3-15,17,36H,2H2,1H3,(H,32,37). The number of ether oxygens (including phenoxy) is 1. The predicted molar refractivity (Wildman–Crippen MR) is 141 cm³/mol. The van der Waals surface area contributed by atoms with Crippen LogP contribution in [0.15, 0.2) is 95.4 Å².